The fraction of sp³-hybridized carbons (Fsp3) is 0.743. The van der Waals surface area contributed by atoms with Gasteiger partial charge in [-0.1, -0.05) is 19.1 Å². The Morgan fingerprint density at radius 2 is 1.76 bits per heavy atom. The summed E-state index contributed by atoms with van der Waals surface area (Å²) in [6.45, 7) is 6.93. The van der Waals surface area contributed by atoms with Gasteiger partial charge in [0.2, 0.25) is 0 Å². The van der Waals surface area contributed by atoms with Crippen LogP contribution in [0.15, 0.2) is 36.4 Å². The molecule has 4 saturated carbocycles. The first-order valence-corrected chi connectivity index (χ1v) is 16.4. The van der Waals surface area contributed by atoms with E-state index in [1.54, 1.807) is 52.7 Å². The number of likely N-dealkylation sites (tertiary alicyclic amines) is 1. The average molecular weight is 628 g/mol. The predicted molar refractivity (Wildman–Crippen MR) is 164 cm³/mol. The number of fused-ring (bicyclic) bond motifs is 2. The second-order valence-corrected chi connectivity index (χ2v) is 14.1. The summed E-state index contributed by atoms with van der Waals surface area (Å²) >= 11 is 0. The molecule has 1 saturated heterocycles. The van der Waals surface area contributed by atoms with Crippen LogP contribution in [0.5, 0.6) is 5.75 Å². The third kappa shape index (κ3) is 3.79. The first kappa shape index (κ1) is 31.5. The van der Waals surface area contributed by atoms with Crippen molar-refractivity contribution in [1.82, 2.24) is 4.90 Å². The molecule has 7 rings (SSSR count). The second-order valence-electron chi connectivity index (χ2n) is 14.1. The highest BCUT2D eigenvalue weighted by Crippen LogP contribution is 2.79. The van der Waals surface area contributed by atoms with Crippen LogP contribution in [-0.4, -0.2) is 119 Å². The molecule has 1 aromatic rings. The molecule has 45 heavy (non-hydrogen) atoms. The van der Waals surface area contributed by atoms with Gasteiger partial charge in [0.25, 0.3) is 0 Å². The van der Waals surface area contributed by atoms with E-state index in [9.17, 15) is 9.90 Å². The van der Waals surface area contributed by atoms with E-state index in [2.05, 4.69) is 24.0 Å². The Hall–Kier alpha value is -2.05. The summed E-state index contributed by atoms with van der Waals surface area (Å²) in [5, 5.41) is 12.8. The van der Waals surface area contributed by atoms with E-state index in [4.69, 9.17) is 33.2 Å². The maximum absolute atomic E-state index is 13.9. The van der Waals surface area contributed by atoms with Crippen LogP contribution >= 0.6 is 0 Å². The molecule has 10 nitrogen and oxygen atoms in total. The van der Waals surface area contributed by atoms with E-state index in [0.29, 0.717) is 37.4 Å². The number of hydrogen-bond acceptors (Lipinski definition) is 10. The average Bonchev–Trinajstić information content (AvgIpc) is 3.42. The van der Waals surface area contributed by atoms with E-state index in [-0.39, 0.29) is 47.3 Å². The zero-order valence-electron chi connectivity index (χ0n) is 27.6. The lowest BCUT2D eigenvalue weighted by Crippen LogP contribution is -2.76. The van der Waals surface area contributed by atoms with Crippen LogP contribution in [0.2, 0.25) is 0 Å². The number of aliphatic hydroxyl groups is 1. The van der Waals surface area contributed by atoms with E-state index in [1.165, 1.54) is 0 Å². The summed E-state index contributed by atoms with van der Waals surface area (Å²) in [6.07, 6.45) is 3.56. The summed E-state index contributed by atoms with van der Waals surface area (Å²) in [7, 11) is 8.60. The largest absolute Gasteiger partial charge is 0.497 e. The zero-order valence-corrected chi connectivity index (χ0v) is 27.6. The molecule has 1 aromatic carbocycles. The van der Waals surface area contributed by atoms with Crippen molar-refractivity contribution in [3.05, 3.63) is 42.0 Å². The van der Waals surface area contributed by atoms with E-state index in [0.717, 1.165) is 13.1 Å². The quantitative estimate of drug-likeness (QED) is 0.291. The SMILES string of the molecule is CCO[C@]12C[C@H](OC)[C@@]3(O)C[C@H]([C@@H]1[C@H]3OC(=O)c1ccc(OC)cc1)[C@@]13[C@@H](OC)C=C[C@@]4(COC)CN(CC)[C@@H]1[C@@H]2[C@H](OC)[C@H]43. The van der Waals surface area contributed by atoms with Gasteiger partial charge >= 0.3 is 5.97 Å². The molecule has 1 aliphatic heterocycles. The van der Waals surface area contributed by atoms with Gasteiger partial charge in [0.05, 0.1) is 43.2 Å². The minimum Gasteiger partial charge on any atom is -0.497 e. The minimum atomic E-state index is -1.41. The zero-order chi connectivity index (χ0) is 31.9. The fourth-order valence-corrected chi connectivity index (χ4v) is 12.0. The van der Waals surface area contributed by atoms with E-state index >= 15 is 0 Å². The molecule has 0 radical (unpaired) electrons. The highest BCUT2D eigenvalue weighted by molar-refractivity contribution is 5.89. The van der Waals surface area contributed by atoms with Crippen LogP contribution in [0.3, 0.4) is 0 Å². The van der Waals surface area contributed by atoms with Crippen molar-refractivity contribution in [2.75, 3.05) is 61.9 Å². The van der Waals surface area contributed by atoms with Crippen molar-refractivity contribution < 1.29 is 43.1 Å². The van der Waals surface area contributed by atoms with Crippen molar-refractivity contribution >= 4 is 5.97 Å². The van der Waals surface area contributed by atoms with Crippen molar-refractivity contribution in [2.24, 2.45) is 34.5 Å². The van der Waals surface area contributed by atoms with Crippen LogP contribution in [0.25, 0.3) is 0 Å². The van der Waals surface area contributed by atoms with Crippen molar-refractivity contribution in [3.63, 3.8) is 0 Å². The Morgan fingerprint density at radius 3 is 2.36 bits per heavy atom. The van der Waals surface area contributed by atoms with Crippen LogP contribution in [0, 0.1) is 34.5 Å². The van der Waals surface area contributed by atoms with Gasteiger partial charge in [-0.25, -0.2) is 4.79 Å². The number of piperidine rings is 1. The lowest BCUT2D eigenvalue weighted by molar-refractivity contribution is -0.283. The Labute approximate surface area is 266 Å². The number of carbonyl (C=O) groups is 1. The number of benzene rings is 1. The van der Waals surface area contributed by atoms with Gasteiger partial charge in [0.15, 0.2) is 0 Å². The van der Waals surface area contributed by atoms with Gasteiger partial charge in [0.1, 0.15) is 17.5 Å². The molecule has 5 aliphatic carbocycles. The number of ether oxygens (including phenoxy) is 7. The topological polar surface area (TPSA) is 105 Å². The van der Waals surface area contributed by atoms with Crippen LogP contribution < -0.4 is 4.74 Å². The Bertz CT molecular complexity index is 1320. The molecule has 6 aliphatic rings. The molecule has 0 unspecified atom stereocenters. The summed E-state index contributed by atoms with van der Waals surface area (Å²) in [5.74, 6) is -0.310. The number of esters is 1. The maximum atomic E-state index is 13.9. The maximum Gasteiger partial charge on any atom is 0.338 e. The van der Waals surface area contributed by atoms with Gasteiger partial charge in [-0.2, -0.15) is 0 Å². The Kier molecular flexibility index (Phi) is 7.71. The normalized spacial score (nSPS) is 47.2. The number of hydrogen-bond donors (Lipinski definition) is 1. The molecular formula is C35H49NO9. The second kappa shape index (κ2) is 11.0. The molecular weight excluding hydrogens is 578 g/mol. The first-order chi connectivity index (χ1) is 21.7. The molecule has 5 fully saturated rings. The van der Waals surface area contributed by atoms with E-state index < -0.39 is 34.8 Å². The summed E-state index contributed by atoms with van der Waals surface area (Å²) in [4.78, 5) is 16.5. The molecule has 248 valence electrons. The third-order valence-corrected chi connectivity index (χ3v) is 12.9. The minimum absolute atomic E-state index is 0.0388. The van der Waals surface area contributed by atoms with Gasteiger partial charge in [-0.05, 0) is 50.1 Å². The summed E-state index contributed by atoms with van der Waals surface area (Å²) < 4.78 is 44.1. The molecule has 13 atom stereocenters. The Morgan fingerprint density at radius 1 is 1.00 bits per heavy atom. The molecule has 10 heteroatoms. The number of methoxy groups -OCH3 is 5. The number of nitrogens with zero attached hydrogens (tertiary/aromatic N) is 1. The fourth-order valence-electron chi connectivity index (χ4n) is 12.0. The standard InChI is InChI=1S/C35H49NO9/c1-8-36-18-32(19-39-3)15-14-23(41-5)35-22-16-33(38)24(42-6)17-34(44-9-2,26(29(35)36)27(43-7)28(32)35)25(22)30(33)45-31(37)20-10-12-21(40-4)13-11-20/h10-15,22-30,38H,8-9,16-19H2,1-7H3/t22-,23+,24+,25-,26+,27+,28-,29-,30-,32+,33+,34-,35+/m1/s1. The molecule has 0 amide bonds. The molecule has 0 aromatic heterocycles. The van der Waals surface area contributed by atoms with Crippen molar-refractivity contribution in [2.45, 2.75) is 68.3 Å². The Balaban J connectivity index is 1.45. The highest BCUT2D eigenvalue weighted by atomic mass is 16.6. The smallest absolute Gasteiger partial charge is 0.338 e. The van der Waals surface area contributed by atoms with Crippen LogP contribution in [0.1, 0.15) is 37.0 Å². The van der Waals surface area contributed by atoms with Gasteiger partial charge in [-0.3, -0.25) is 4.90 Å². The molecule has 1 heterocycles. The van der Waals surface area contributed by atoms with Crippen LogP contribution in [-0.2, 0) is 28.4 Å². The highest BCUT2D eigenvalue weighted by Gasteiger charge is 2.88. The summed E-state index contributed by atoms with van der Waals surface area (Å²) in [5.41, 5.74) is -2.58. The van der Waals surface area contributed by atoms with Crippen molar-refractivity contribution in [1.29, 1.82) is 0 Å². The van der Waals surface area contributed by atoms with Gasteiger partial charge in [0, 0.05) is 82.6 Å². The third-order valence-electron chi connectivity index (χ3n) is 12.9. The summed E-state index contributed by atoms with van der Waals surface area (Å²) in [6, 6.07) is 6.93. The van der Waals surface area contributed by atoms with Gasteiger partial charge in [-0.15, -0.1) is 0 Å². The van der Waals surface area contributed by atoms with E-state index in [1.807, 2.05) is 14.0 Å². The first-order valence-electron chi connectivity index (χ1n) is 16.4. The number of rotatable bonds is 11. The lowest BCUT2D eigenvalue weighted by Gasteiger charge is -2.68. The monoisotopic (exact) mass is 627 g/mol. The van der Waals surface area contributed by atoms with Gasteiger partial charge < -0.3 is 38.3 Å². The molecule has 1 spiro atoms. The molecule has 7 bridgehead atoms. The molecule has 1 N–H and O–H groups in total. The van der Waals surface area contributed by atoms with Crippen molar-refractivity contribution in [3.8, 4) is 5.75 Å². The predicted octanol–water partition coefficient (Wildman–Crippen LogP) is 2.96. The lowest BCUT2D eigenvalue weighted by atomic mass is 9.44. The van der Waals surface area contributed by atoms with Crippen LogP contribution in [0.4, 0.5) is 0 Å². The number of carbonyl (C=O) groups excluding carboxylic acids is 1.